The molecule has 0 saturated heterocycles. The lowest BCUT2D eigenvalue weighted by Gasteiger charge is -2.14. The van der Waals surface area contributed by atoms with Gasteiger partial charge in [0.25, 0.3) is 0 Å². The van der Waals surface area contributed by atoms with Crippen LogP contribution < -0.4 is 10.1 Å². The molecule has 6 heteroatoms. The van der Waals surface area contributed by atoms with Crippen molar-refractivity contribution in [2.45, 2.75) is 19.8 Å². The number of hydrogen-bond donors (Lipinski definition) is 1. The number of carbonyl (C=O) groups is 1. The van der Waals surface area contributed by atoms with E-state index in [2.05, 4.69) is 26.2 Å². The molecule has 0 spiro atoms. The van der Waals surface area contributed by atoms with Crippen molar-refractivity contribution < 1.29 is 14.3 Å². The van der Waals surface area contributed by atoms with Crippen LogP contribution in [0.2, 0.25) is 0 Å². The molecule has 0 fully saturated rings. The average Bonchev–Trinajstić information content (AvgIpc) is 2.87. The number of halogens is 1. The Bertz CT molecular complexity index is 1180. The average molecular weight is 503 g/mol. The highest BCUT2D eigenvalue weighted by Crippen LogP contribution is 2.26. The van der Waals surface area contributed by atoms with E-state index in [0.29, 0.717) is 24.5 Å². The predicted octanol–water partition coefficient (Wildman–Crippen LogP) is 6.39. The number of esters is 1. The summed E-state index contributed by atoms with van der Waals surface area (Å²) in [5, 5.41) is 3.33. The molecule has 33 heavy (non-hydrogen) atoms. The molecule has 0 atom stereocenters. The quantitative estimate of drug-likeness (QED) is 0.268. The lowest BCUT2D eigenvalue weighted by molar-refractivity contribution is 0.0467. The first-order valence-corrected chi connectivity index (χ1v) is 11.3. The number of nitrogens with one attached hydrogen (secondary N) is 1. The molecular formula is C27H23BrN2O3. The van der Waals surface area contributed by atoms with E-state index in [4.69, 9.17) is 9.47 Å². The Labute approximate surface area is 201 Å². The summed E-state index contributed by atoms with van der Waals surface area (Å²) in [6.45, 7) is 1.09. The van der Waals surface area contributed by atoms with Gasteiger partial charge in [0, 0.05) is 22.4 Å². The molecule has 5 nitrogen and oxygen atoms in total. The highest BCUT2D eigenvalue weighted by Gasteiger charge is 2.16. The largest absolute Gasteiger partial charge is 0.488 e. The Kier molecular flexibility index (Phi) is 7.72. The third kappa shape index (κ3) is 6.67. The number of nitrogens with zero attached hydrogens (tertiary/aromatic N) is 1. The van der Waals surface area contributed by atoms with Crippen LogP contribution in [0.25, 0.3) is 0 Å². The molecular weight excluding hydrogens is 480 g/mol. The van der Waals surface area contributed by atoms with Gasteiger partial charge in [-0.2, -0.15) is 0 Å². The number of rotatable bonds is 9. The zero-order chi connectivity index (χ0) is 22.9. The van der Waals surface area contributed by atoms with Crippen LogP contribution in [0.5, 0.6) is 5.75 Å². The van der Waals surface area contributed by atoms with Gasteiger partial charge >= 0.3 is 5.97 Å². The minimum Gasteiger partial charge on any atom is -0.488 e. The third-order valence-corrected chi connectivity index (χ3v) is 5.38. The van der Waals surface area contributed by atoms with Crippen molar-refractivity contribution in [1.29, 1.82) is 0 Å². The molecule has 0 unspecified atom stereocenters. The fourth-order valence-electron chi connectivity index (χ4n) is 3.16. The Hall–Kier alpha value is -3.64. The normalized spacial score (nSPS) is 10.5. The smallest absolute Gasteiger partial charge is 0.342 e. The van der Waals surface area contributed by atoms with Crippen LogP contribution in [-0.4, -0.2) is 11.0 Å². The van der Waals surface area contributed by atoms with Gasteiger partial charge in [-0.15, -0.1) is 0 Å². The van der Waals surface area contributed by atoms with E-state index < -0.39 is 5.97 Å². The van der Waals surface area contributed by atoms with E-state index in [0.717, 1.165) is 27.0 Å². The van der Waals surface area contributed by atoms with Crippen molar-refractivity contribution in [2.24, 2.45) is 0 Å². The number of ether oxygens (including phenoxy) is 2. The zero-order valence-corrected chi connectivity index (χ0v) is 19.5. The van der Waals surface area contributed by atoms with Crippen LogP contribution in [0.15, 0.2) is 102 Å². The van der Waals surface area contributed by atoms with Gasteiger partial charge in [-0.1, -0.05) is 60.7 Å². The first-order chi connectivity index (χ1) is 16.2. The second-order valence-electron chi connectivity index (χ2n) is 7.37. The maximum atomic E-state index is 12.8. The standard InChI is InChI=1S/C27H23BrN2O3/c28-22-11-12-24(29-16-22)17-30-23-13-14-25(27(31)33-19-21-9-5-2-6-10-21)26(15-23)32-18-20-7-3-1-4-8-20/h1-16,30H,17-19H2. The summed E-state index contributed by atoms with van der Waals surface area (Å²) >= 11 is 3.39. The molecule has 4 aromatic rings. The van der Waals surface area contributed by atoms with E-state index in [9.17, 15) is 4.79 Å². The van der Waals surface area contributed by atoms with E-state index in [1.807, 2.05) is 84.9 Å². The predicted molar refractivity (Wildman–Crippen MR) is 132 cm³/mol. The Morgan fingerprint density at radius 3 is 2.21 bits per heavy atom. The molecule has 0 radical (unpaired) electrons. The maximum Gasteiger partial charge on any atom is 0.342 e. The van der Waals surface area contributed by atoms with Crippen LogP contribution in [0.1, 0.15) is 27.2 Å². The number of pyridine rings is 1. The zero-order valence-electron chi connectivity index (χ0n) is 17.9. The summed E-state index contributed by atoms with van der Waals surface area (Å²) in [6, 6.07) is 28.7. The lowest BCUT2D eigenvalue weighted by Crippen LogP contribution is -2.09. The minimum absolute atomic E-state index is 0.201. The summed E-state index contributed by atoms with van der Waals surface area (Å²) in [4.78, 5) is 17.2. The van der Waals surface area contributed by atoms with Crippen molar-refractivity contribution in [3.8, 4) is 5.75 Å². The molecule has 166 valence electrons. The third-order valence-electron chi connectivity index (χ3n) is 4.91. The lowest BCUT2D eigenvalue weighted by atomic mass is 10.1. The summed E-state index contributed by atoms with van der Waals surface area (Å²) in [6.07, 6.45) is 1.76. The first kappa shape index (κ1) is 22.6. The fourth-order valence-corrected chi connectivity index (χ4v) is 3.39. The number of benzene rings is 3. The molecule has 0 aliphatic heterocycles. The summed E-state index contributed by atoms with van der Waals surface area (Å²) in [5.74, 6) is 0.0359. The number of aromatic nitrogens is 1. The highest BCUT2D eigenvalue weighted by atomic mass is 79.9. The fraction of sp³-hybridized carbons (Fsp3) is 0.111. The molecule has 3 aromatic carbocycles. The second kappa shape index (κ2) is 11.3. The summed E-state index contributed by atoms with van der Waals surface area (Å²) in [7, 11) is 0. The van der Waals surface area contributed by atoms with Crippen LogP contribution in [0.4, 0.5) is 5.69 Å². The van der Waals surface area contributed by atoms with Gasteiger partial charge in [-0.3, -0.25) is 4.98 Å². The first-order valence-electron chi connectivity index (χ1n) is 10.5. The molecule has 1 N–H and O–H groups in total. The number of hydrogen-bond acceptors (Lipinski definition) is 5. The molecule has 0 amide bonds. The number of anilines is 1. The molecule has 0 saturated carbocycles. The van der Waals surface area contributed by atoms with Gasteiger partial charge in [0.2, 0.25) is 0 Å². The van der Waals surface area contributed by atoms with Gasteiger partial charge < -0.3 is 14.8 Å². The van der Waals surface area contributed by atoms with Crippen molar-refractivity contribution in [3.63, 3.8) is 0 Å². The van der Waals surface area contributed by atoms with Gasteiger partial charge in [-0.05, 0) is 51.3 Å². The van der Waals surface area contributed by atoms with E-state index in [1.165, 1.54) is 0 Å². The van der Waals surface area contributed by atoms with Gasteiger partial charge in [0.1, 0.15) is 24.5 Å². The highest BCUT2D eigenvalue weighted by molar-refractivity contribution is 9.10. The van der Waals surface area contributed by atoms with Crippen LogP contribution in [0, 0.1) is 0 Å². The van der Waals surface area contributed by atoms with E-state index >= 15 is 0 Å². The molecule has 1 aromatic heterocycles. The van der Waals surface area contributed by atoms with Crippen LogP contribution >= 0.6 is 15.9 Å². The van der Waals surface area contributed by atoms with Crippen LogP contribution in [0.3, 0.4) is 0 Å². The van der Waals surface area contributed by atoms with Gasteiger partial charge in [0.15, 0.2) is 0 Å². The molecule has 0 bridgehead atoms. The van der Waals surface area contributed by atoms with Gasteiger partial charge in [-0.25, -0.2) is 4.79 Å². The summed E-state index contributed by atoms with van der Waals surface area (Å²) in [5.41, 5.74) is 4.05. The monoisotopic (exact) mass is 502 g/mol. The summed E-state index contributed by atoms with van der Waals surface area (Å²) < 4.78 is 12.5. The Balaban J connectivity index is 1.49. The van der Waals surface area contributed by atoms with Crippen molar-refractivity contribution in [2.75, 3.05) is 5.32 Å². The topological polar surface area (TPSA) is 60.5 Å². The van der Waals surface area contributed by atoms with E-state index in [1.54, 1.807) is 12.3 Å². The second-order valence-corrected chi connectivity index (χ2v) is 8.28. The molecule has 4 rings (SSSR count). The Morgan fingerprint density at radius 1 is 0.848 bits per heavy atom. The SMILES string of the molecule is O=C(OCc1ccccc1)c1ccc(NCc2ccc(Br)cn2)cc1OCc1ccccc1. The number of carbonyl (C=O) groups excluding carboxylic acids is 1. The van der Waals surface area contributed by atoms with Gasteiger partial charge in [0.05, 0.1) is 12.2 Å². The van der Waals surface area contributed by atoms with Crippen LogP contribution in [-0.2, 0) is 24.5 Å². The maximum absolute atomic E-state index is 12.8. The molecule has 1 heterocycles. The van der Waals surface area contributed by atoms with Crippen molar-refractivity contribution >= 4 is 27.6 Å². The molecule has 0 aliphatic carbocycles. The van der Waals surface area contributed by atoms with E-state index in [-0.39, 0.29) is 6.61 Å². The Morgan fingerprint density at radius 2 is 1.55 bits per heavy atom. The van der Waals surface area contributed by atoms with Crippen molar-refractivity contribution in [3.05, 3.63) is 124 Å². The molecule has 0 aliphatic rings. The minimum atomic E-state index is -0.428. The van der Waals surface area contributed by atoms with Crippen molar-refractivity contribution in [1.82, 2.24) is 4.98 Å².